The Hall–Kier alpha value is -3.41. The smallest absolute Gasteiger partial charge is 0.416 e. The molecule has 44 heavy (non-hydrogen) atoms. The number of aryl methyl sites for hydroxylation is 2. The fraction of sp³-hybridized carbons (Fsp3) is 0.531. The maximum absolute atomic E-state index is 13.8. The molecule has 1 fully saturated rings. The van der Waals surface area contributed by atoms with E-state index in [1.165, 1.54) is 44.1 Å². The first-order valence-corrected chi connectivity index (χ1v) is 17.1. The van der Waals surface area contributed by atoms with Crippen molar-refractivity contribution in [3.05, 3.63) is 70.7 Å². The van der Waals surface area contributed by atoms with Gasteiger partial charge in [-0.05, 0) is 70.2 Å². The number of nitrogens with zero attached hydrogens (tertiary/aromatic N) is 5. The maximum Gasteiger partial charge on any atom is 0.416 e. The second-order valence-corrected chi connectivity index (χ2v) is 14.0. The van der Waals surface area contributed by atoms with E-state index in [4.69, 9.17) is 9.72 Å². The molecule has 0 radical (unpaired) electrons. The van der Waals surface area contributed by atoms with Crippen LogP contribution in [0.5, 0.6) is 5.75 Å². The summed E-state index contributed by atoms with van der Waals surface area (Å²) in [5.41, 5.74) is 2.08. The molecule has 0 saturated heterocycles. The Morgan fingerprint density at radius 2 is 1.75 bits per heavy atom. The van der Waals surface area contributed by atoms with Crippen LogP contribution < -0.4 is 14.5 Å². The lowest BCUT2D eigenvalue weighted by atomic mass is 10.00. The number of rotatable bonds is 13. The van der Waals surface area contributed by atoms with Crippen molar-refractivity contribution in [3.63, 3.8) is 0 Å². The molecule has 8 nitrogen and oxygen atoms in total. The average Bonchev–Trinajstić information content (AvgIpc) is 3.47. The molecule has 1 atom stereocenters. The molecule has 1 unspecified atom stereocenters. The lowest BCUT2D eigenvalue weighted by molar-refractivity contribution is -0.137. The number of pyridine rings is 1. The number of sulfone groups is 1. The van der Waals surface area contributed by atoms with E-state index in [0.29, 0.717) is 35.3 Å². The number of halogens is 3. The van der Waals surface area contributed by atoms with Crippen LogP contribution in [0.1, 0.15) is 73.5 Å². The van der Waals surface area contributed by atoms with E-state index < -0.39 is 27.6 Å². The highest BCUT2D eigenvalue weighted by Crippen LogP contribution is 2.36. The summed E-state index contributed by atoms with van der Waals surface area (Å²) in [5, 5.41) is 0. The summed E-state index contributed by atoms with van der Waals surface area (Å²) in [6, 6.07) is 7.51. The number of benzene rings is 1. The Labute approximate surface area is 258 Å². The fourth-order valence-electron chi connectivity index (χ4n) is 5.64. The van der Waals surface area contributed by atoms with Gasteiger partial charge in [0.15, 0.2) is 15.6 Å². The summed E-state index contributed by atoms with van der Waals surface area (Å²) < 4.78 is 69.8. The molecule has 0 bridgehead atoms. The van der Waals surface area contributed by atoms with E-state index in [0.717, 1.165) is 42.5 Å². The molecule has 1 saturated carbocycles. The topological polar surface area (TPSA) is 88.5 Å². The summed E-state index contributed by atoms with van der Waals surface area (Å²) in [5.74, 6) is 1.91. The number of hydrogen-bond donors (Lipinski definition) is 0. The molecule has 12 heteroatoms. The zero-order valence-corrected chi connectivity index (χ0v) is 26.9. The van der Waals surface area contributed by atoms with Gasteiger partial charge in [0.1, 0.15) is 12.4 Å². The molecule has 1 aliphatic carbocycles. The van der Waals surface area contributed by atoms with Crippen LogP contribution in [0.25, 0.3) is 0 Å². The highest BCUT2D eigenvalue weighted by atomic mass is 32.2. The van der Waals surface area contributed by atoms with Crippen LogP contribution in [-0.2, 0) is 22.6 Å². The van der Waals surface area contributed by atoms with Gasteiger partial charge in [0.05, 0.1) is 36.3 Å². The average molecular weight is 634 g/mol. The molecular formula is C32H42F3N5O3S. The van der Waals surface area contributed by atoms with Gasteiger partial charge in [0, 0.05) is 30.6 Å². The zero-order valence-electron chi connectivity index (χ0n) is 26.1. The molecule has 2 aromatic heterocycles. The molecule has 0 N–H and O–H groups in total. The lowest BCUT2D eigenvalue weighted by Gasteiger charge is -2.33. The van der Waals surface area contributed by atoms with E-state index in [2.05, 4.69) is 21.8 Å². The minimum atomic E-state index is -4.48. The summed E-state index contributed by atoms with van der Waals surface area (Å²) >= 11 is 0. The van der Waals surface area contributed by atoms with Crippen LogP contribution in [-0.4, -0.2) is 55.1 Å². The van der Waals surface area contributed by atoms with E-state index in [-0.39, 0.29) is 12.4 Å². The predicted octanol–water partition coefficient (Wildman–Crippen LogP) is 6.71. The normalized spacial score (nSPS) is 14.9. The minimum absolute atomic E-state index is 0.0442. The van der Waals surface area contributed by atoms with Crippen molar-refractivity contribution in [1.82, 2.24) is 15.0 Å². The van der Waals surface area contributed by atoms with Gasteiger partial charge in [-0.1, -0.05) is 30.5 Å². The molecule has 240 valence electrons. The molecular weight excluding hydrogens is 591 g/mol. The van der Waals surface area contributed by atoms with Gasteiger partial charge in [0.25, 0.3) is 0 Å². The quantitative estimate of drug-likeness (QED) is 0.205. The zero-order chi connectivity index (χ0) is 32.1. The third-order valence-electron chi connectivity index (χ3n) is 8.04. The van der Waals surface area contributed by atoms with Crippen LogP contribution in [0.2, 0.25) is 0 Å². The van der Waals surface area contributed by atoms with E-state index in [1.54, 1.807) is 13.0 Å². The number of alkyl halides is 3. The SMILES string of the molecule is CCN(CC1CCCC1)c1nc(C)ccc1CN(c1ncc(OCCS(C)(=O)=O)cn1)C(C)c1cc(C)cc(C(F)(F)F)c1. The van der Waals surface area contributed by atoms with Crippen molar-refractivity contribution in [2.45, 2.75) is 72.1 Å². The van der Waals surface area contributed by atoms with Crippen molar-refractivity contribution in [1.29, 1.82) is 0 Å². The van der Waals surface area contributed by atoms with Crippen molar-refractivity contribution in [2.75, 3.05) is 41.5 Å². The second-order valence-electron chi connectivity index (χ2n) is 11.8. The minimum Gasteiger partial charge on any atom is -0.489 e. The molecule has 2 heterocycles. The van der Waals surface area contributed by atoms with Gasteiger partial charge in [-0.3, -0.25) is 0 Å². The summed E-state index contributed by atoms with van der Waals surface area (Å²) in [6.07, 6.45) is 4.43. The molecule has 1 aromatic carbocycles. The van der Waals surface area contributed by atoms with Gasteiger partial charge in [-0.25, -0.2) is 23.4 Å². The molecule has 3 aromatic rings. The Morgan fingerprint density at radius 3 is 2.36 bits per heavy atom. The van der Waals surface area contributed by atoms with E-state index in [1.807, 2.05) is 30.9 Å². The van der Waals surface area contributed by atoms with Crippen LogP contribution in [0.4, 0.5) is 24.9 Å². The fourth-order valence-corrected chi connectivity index (χ4v) is 6.03. The largest absolute Gasteiger partial charge is 0.489 e. The number of aromatic nitrogens is 3. The Bertz CT molecular complexity index is 1510. The first-order valence-electron chi connectivity index (χ1n) is 15.0. The number of hydrogen-bond acceptors (Lipinski definition) is 8. The first-order chi connectivity index (χ1) is 20.7. The monoisotopic (exact) mass is 633 g/mol. The van der Waals surface area contributed by atoms with Crippen LogP contribution in [0, 0.1) is 19.8 Å². The van der Waals surface area contributed by atoms with Gasteiger partial charge in [-0.15, -0.1) is 0 Å². The summed E-state index contributed by atoms with van der Waals surface area (Å²) in [7, 11) is -3.20. The van der Waals surface area contributed by atoms with E-state index >= 15 is 0 Å². The molecule has 0 spiro atoms. The highest BCUT2D eigenvalue weighted by Gasteiger charge is 2.32. The lowest BCUT2D eigenvalue weighted by Crippen LogP contribution is -2.33. The third kappa shape index (κ3) is 9.06. The summed E-state index contributed by atoms with van der Waals surface area (Å²) in [4.78, 5) is 18.1. The third-order valence-corrected chi connectivity index (χ3v) is 8.95. The maximum atomic E-state index is 13.8. The van der Waals surface area contributed by atoms with Crippen LogP contribution >= 0.6 is 0 Å². The Balaban J connectivity index is 1.71. The van der Waals surface area contributed by atoms with Gasteiger partial charge >= 0.3 is 6.18 Å². The number of ether oxygens (including phenoxy) is 1. The Kier molecular flexibility index (Phi) is 10.8. The van der Waals surface area contributed by atoms with Crippen molar-refractivity contribution in [3.8, 4) is 5.75 Å². The summed E-state index contributed by atoms with van der Waals surface area (Å²) in [6.45, 7) is 9.49. The first kappa shape index (κ1) is 33.5. The molecule has 0 aliphatic heterocycles. The van der Waals surface area contributed by atoms with Crippen LogP contribution in [0.3, 0.4) is 0 Å². The van der Waals surface area contributed by atoms with Crippen molar-refractivity contribution in [2.24, 2.45) is 5.92 Å². The standard InChI is InChI=1S/C32H42F3N5O3S/c1-6-39(20-25-9-7-8-10-25)30-26(12-11-23(3)38-30)21-40(24(4)27-15-22(2)16-28(17-27)32(33,34)35)31-36-18-29(19-37-31)43-13-14-44(5,41)42/h11-12,15-19,24-25H,6-10,13-14,20-21H2,1-5H3. The van der Waals surface area contributed by atoms with Gasteiger partial charge < -0.3 is 14.5 Å². The Morgan fingerprint density at radius 1 is 1.07 bits per heavy atom. The van der Waals surface area contributed by atoms with E-state index in [9.17, 15) is 21.6 Å². The van der Waals surface area contributed by atoms with Crippen LogP contribution in [0.15, 0.2) is 42.7 Å². The van der Waals surface area contributed by atoms with Crippen molar-refractivity contribution >= 4 is 21.6 Å². The highest BCUT2D eigenvalue weighted by molar-refractivity contribution is 7.90. The van der Waals surface area contributed by atoms with Gasteiger partial charge in [-0.2, -0.15) is 13.2 Å². The number of anilines is 2. The van der Waals surface area contributed by atoms with Gasteiger partial charge in [0.2, 0.25) is 5.95 Å². The van der Waals surface area contributed by atoms with Crippen molar-refractivity contribution < 1.29 is 26.3 Å². The molecule has 1 aliphatic rings. The predicted molar refractivity (Wildman–Crippen MR) is 167 cm³/mol. The molecule has 4 rings (SSSR count). The molecule has 0 amide bonds. The second kappa shape index (κ2) is 14.1.